The Morgan fingerprint density at radius 3 is 2.39 bits per heavy atom. The van der Waals surface area contributed by atoms with Crippen LogP contribution in [0, 0.1) is 0 Å². The molecular weight excluding hydrogens is 486 g/mol. The zero-order valence-electron chi connectivity index (χ0n) is 17.4. The van der Waals surface area contributed by atoms with E-state index in [4.69, 9.17) is 4.74 Å². The Hall–Kier alpha value is -4.04. The van der Waals surface area contributed by atoms with Crippen LogP contribution in [0.1, 0.15) is 21.5 Å². The van der Waals surface area contributed by atoms with Crippen LogP contribution in [0.5, 0.6) is 5.75 Å². The molecule has 2 N–H and O–H groups in total. The quantitative estimate of drug-likeness (QED) is 0.159. The molecule has 2 amide bonds. The fourth-order valence-electron chi connectivity index (χ4n) is 2.61. The van der Waals surface area contributed by atoms with Gasteiger partial charge >= 0.3 is 5.97 Å². The topological polar surface area (TPSA) is 96.9 Å². The number of esters is 1. The number of carbonyl (C=O) groups is 3. The van der Waals surface area contributed by atoms with Crippen LogP contribution < -0.4 is 15.5 Å². The lowest BCUT2D eigenvalue weighted by Crippen LogP contribution is -2.34. The molecule has 0 unspecified atom stereocenters. The molecule has 0 radical (unpaired) electrons. The van der Waals surface area contributed by atoms with Crippen molar-refractivity contribution in [2.75, 3.05) is 6.54 Å². The summed E-state index contributed by atoms with van der Waals surface area (Å²) in [5.41, 5.74) is 4.37. The van der Waals surface area contributed by atoms with E-state index in [1.807, 2.05) is 30.3 Å². The van der Waals surface area contributed by atoms with Gasteiger partial charge in [0.1, 0.15) is 5.75 Å². The summed E-state index contributed by atoms with van der Waals surface area (Å²) in [7, 11) is 0. The standard InChI is InChI=1S/C25H20BrN3O4/c26-21-8-4-7-20(15-21)25(32)27-17-23(30)29-28-16-19-9-12-22(13-10-19)33-24(31)14-11-18-5-2-1-3-6-18/h1-16H,17H2,(H,27,32)(H,29,30)/b14-11+,28-16-. The normalized spacial score (nSPS) is 10.8. The first-order chi connectivity index (χ1) is 16.0. The third-order valence-corrected chi connectivity index (χ3v) is 4.70. The summed E-state index contributed by atoms with van der Waals surface area (Å²) < 4.78 is 6.02. The number of amides is 2. The maximum absolute atomic E-state index is 12.0. The SMILES string of the molecule is O=C(CNC(=O)c1cccc(Br)c1)N/N=C\c1ccc(OC(=O)/C=C/c2ccccc2)cc1. The molecule has 0 aliphatic carbocycles. The van der Waals surface area contributed by atoms with Crippen LogP contribution in [0.25, 0.3) is 6.08 Å². The maximum Gasteiger partial charge on any atom is 0.336 e. The number of nitrogens with one attached hydrogen (secondary N) is 2. The van der Waals surface area contributed by atoms with Crippen molar-refractivity contribution in [1.29, 1.82) is 0 Å². The van der Waals surface area contributed by atoms with E-state index in [1.54, 1.807) is 54.6 Å². The molecule has 0 atom stereocenters. The Labute approximate surface area is 199 Å². The van der Waals surface area contributed by atoms with Gasteiger partial charge in [0.2, 0.25) is 0 Å². The van der Waals surface area contributed by atoms with E-state index in [9.17, 15) is 14.4 Å². The molecule has 3 aromatic carbocycles. The van der Waals surface area contributed by atoms with Crippen molar-refractivity contribution in [2.24, 2.45) is 5.10 Å². The Morgan fingerprint density at radius 2 is 1.67 bits per heavy atom. The lowest BCUT2D eigenvalue weighted by molar-refractivity contribution is -0.129. The van der Waals surface area contributed by atoms with E-state index in [2.05, 4.69) is 31.8 Å². The van der Waals surface area contributed by atoms with Crippen LogP contribution >= 0.6 is 15.9 Å². The van der Waals surface area contributed by atoms with Gasteiger partial charge in [0.15, 0.2) is 0 Å². The first-order valence-electron chi connectivity index (χ1n) is 9.90. The summed E-state index contributed by atoms with van der Waals surface area (Å²) in [6, 6.07) is 22.9. The monoisotopic (exact) mass is 505 g/mol. The third-order valence-electron chi connectivity index (χ3n) is 4.21. The van der Waals surface area contributed by atoms with Crippen molar-refractivity contribution < 1.29 is 19.1 Å². The van der Waals surface area contributed by atoms with E-state index >= 15 is 0 Å². The van der Waals surface area contributed by atoms with E-state index in [1.165, 1.54) is 12.3 Å². The Bertz CT molecular complexity index is 1180. The molecule has 0 aliphatic rings. The highest BCUT2D eigenvalue weighted by Crippen LogP contribution is 2.12. The lowest BCUT2D eigenvalue weighted by atomic mass is 10.2. The number of nitrogens with zero attached hydrogens (tertiary/aromatic N) is 1. The van der Waals surface area contributed by atoms with Crippen molar-refractivity contribution >= 4 is 46.0 Å². The molecule has 7 nitrogen and oxygen atoms in total. The van der Waals surface area contributed by atoms with Crippen molar-refractivity contribution in [3.05, 3.63) is 106 Å². The zero-order chi connectivity index (χ0) is 23.5. The summed E-state index contributed by atoms with van der Waals surface area (Å²) in [6.45, 7) is -0.214. The predicted octanol–water partition coefficient (Wildman–Crippen LogP) is 3.95. The molecule has 0 aliphatic heterocycles. The first kappa shape index (κ1) is 23.6. The molecule has 0 fully saturated rings. The van der Waals surface area contributed by atoms with E-state index in [-0.39, 0.29) is 12.5 Å². The molecule has 0 saturated heterocycles. The Balaban J connectivity index is 1.42. The number of hydrogen-bond acceptors (Lipinski definition) is 5. The number of rotatable bonds is 8. The van der Waals surface area contributed by atoms with Gasteiger partial charge in [-0.3, -0.25) is 9.59 Å². The average molecular weight is 506 g/mol. The minimum atomic E-state index is -0.488. The number of carbonyl (C=O) groups excluding carboxylic acids is 3. The second-order valence-corrected chi connectivity index (χ2v) is 7.64. The number of hydrogen-bond donors (Lipinski definition) is 2. The summed E-state index contributed by atoms with van der Waals surface area (Å²) >= 11 is 3.29. The van der Waals surface area contributed by atoms with Crippen LogP contribution in [-0.2, 0) is 9.59 Å². The summed E-state index contributed by atoms with van der Waals surface area (Å²) in [5, 5.41) is 6.38. The molecular formula is C25H20BrN3O4. The van der Waals surface area contributed by atoms with Crippen molar-refractivity contribution in [2.45, 2.75) is 0 Å². The second-order valence-electron chi connectivity index (χ2n) is 6.72. The van der Waals surface area contributed by atoms with Crippen LogP contribution in [0.2, 0.25) is 0 Å². The number of benzene rings is 3. The van der Waals surface area contributed by atoms with Crippen LogP contribution in [0.4, 0.5) is 0 Å². The van der Waals surface area contributed by atoms with E-state index in [0.29, 0.717) is 16.9 Å². The van der Waals surface area contributed by atoms with Crippen LogP contribution in [0.15, 0.2) is 94.5 Å². The Morgan fingerprint density at radius 1 is 0.909 bits per heavy atom. The number of ether oxygens (including phenoxy) is 1. The number of hydrazone groups is 1. The molecule has 0 aromatic heterocycles. The van der Waals surface area contributed by atoms with Crippen LogP contribution in [0.3, 0.4) is 0 Å². The molecule has 3 aromatic rings. The van der Waals surface area contributed by atoms with E-state index < -0.39 is 11.9 Å². The van der Waals surface area contributed by atoms with Gasteiger partial charge in [-0.25, -0.2) is 10.2 Å². The van der Waals surface area contributed by atoms with Crippen molar-refractivity contribution in [1.82, 2.24) is 10.7 Å². The van der Waals surface area contributed by atoms with Gasteiger partial charge in [-0.05, 0) is 59.7 Å². The Kier molecular flexibility index (Phi) is 8.67. The zero-order valence-corrected chi connectivity index (χ0v) is 19.0. The van der Waals surface area contributed by atoms with Gasteiger partial charge in [0.25, 0.3) is 11.8 Å². The highest BCUT2D eigenvalue weighted by Gasteiger charge is 2.07. The molecule has 0 heterocycles. The minimum Gasteiger partial charge on any atom is -0.423 e. The van der Waals surface area contributed by atoms with Crippen molar-refractivity contribution in [3.63, 3.8) is 0 Å². The molecule has 8 heteroatoms. The molecule has 166 valence electrons. The highest BCUT2D eigenvalue weighted by molar-refractivity contribution is 9.10. The predicted molar refractivity (Wildman–Crippen MR) is 130 cm³/mol. The minimum absolute atomic E-state index is 0.214. The van der Waals surface area contributed by atoms with Gasteiger partial charge in [0.05, 0.1) is 12.8 Å². The summed E-state index contributed by atoms with van der Waals surface area (Å²) in [4.78, 5) is 35.8. The van der Waals surface area contributed by atoms with Gasteiger partial charge in [-0.1, -0.05) is 52.3 Å². The van der Waals surface area contributed by atoms with Crippen LogP contribution in [-0.4, -0.2) is 30.5 Å². The van der Waals surface area contributed by atoms with Gasteiger partial charge in [0, 0.05) is 16.1 Å². The fourth-order valence-corrected chi connectivity index (χ4v) is 3.01. The molecule has 3 rings (SSSR count). The molecule has 0 bridgehead atoms. The van der Waals surface area contributed by atoms with E-state index in [0.717, 1.165) is 10.0 Å². The lowest BCUT2D eigenvalue weighted by Gasteiger charge is -2.04. The largest absolute Gasteiger partial charge is 0.423 e. The van der Waals surface area contributed by atoms with Gasteiger partial charge < -0.3 is 10.1 Å². The maximum atomic E-state index is 12.0. The third kappa shape index (κ3) is 8.19. The molecule has 0 spiro atoms. The summed E-state index contributed by atoms with van der Waals surface area (Å²) in [5.74, 6) is -0.934. The first-order valence-corrected chi connectivity index (χ1v) is 10.7. The van der Waals surface area contributed by atoms with Gasteiger partial charge in [-0.2, -0.15) is 5.10 Å². The van der Waals surface area contributed by atoms with Crippen molar-refractivity contribution in [3.8, 4) is 5.75 Å². The average Bonchev–Trinajstić information content (AvgIpc) is 2.83. The smallest absolute Gasteiger partial charge is 0.336 e. The van der Waals surface area contributed by atoms with Gasteiger partial charge in [-0.15, -0.1) is 0 Å². The summed E-state index contributed by atoms with van der Waals surface area (Å²) in [6.07, 6.45) is 4.47. The fraction of sp³-hybridized carbons (Fsp3) is 0.0400. The second kappa shape index (κ2) is 12.1. The highest BCUT2D eigenvalue weighted by atomic mass is 79.9. The number of halogens is 1. The molecule has 0 saturated carbocycles. The molecule has 33 heavy (non-hydrogen) atoms.